The fourth-order valence-corrected chi connectivity index (χ4v) is 2.26. The van der Waals surface area contributed by atoms with Crippen LogP contribution in [-0.2, 0) is 9.59 Å². The van der Waals surface area contributed by atoms with Gasteiger partial charge in [0.25, 0.3) is 0 Å². The maximum Gasteiger partial charge on any atom is 0.329 e. The van der Waals surface area contributed by atoms with Crippen LogP contribution in [0.2, 0.25) is 0 Å². The van der Waals surface area contributed by atoms with E-state index < -0.39 is 11.5 Å². The Morgan fingerprint density at radius 1 is 1.53 bits per heavy atom. The summed E-state index contributed by atoms with van der Waals surface area (Å²) in [5.74, 6) is -1.09. The number of piperidine rings is 1. The third kappa shape index (κ3) is 2.03. The van der Waals surface area contributed by atoms with Crippen LogP contribution < -0.4 is 0 Å². The van der Waals surface area contributed by atoms with Crippen molar-refractivity contribution in [1.29, 1.82) is 0 Å². The topological polar surface area (TPSA) is 57.6 Å². The van der Waals surface area contributed by atoms with Crippen molar-refractivity contribution in [3.8, 4) is 0 Å². The number of nitrogens with zero attached hydrogens (tertiary/aromatic N) is 1. The van der Waals surface area contributed by atoms with Crippen molar-refractivity contribution in [3.05, 3.63) is 12.7 Å². The first kappa shape index (κ1) is 11.8. The second-order valence-electron chi connectivity index (χ2n) is 3.96. The predicted molar refractivity (Wildman–Crippen MR) is 56.4 cm³/mol. The summed E-state index contributed by atoms with van der Waals surface area (Å²) >= 11 is 0. The van der Waals surface area contributed by atoms with Crippen LogP contribution in [0, 0.1) is 0 Å². The number of carbonyl (C=O) groups excluding carboxylic acids is 1. The summed E-state index contributed by atoms with van der Waals surface area (Å²) in [4.78, 5) is 24.2. The molecule has 1 N–H and O–H groups in total. The molecule has 84 valence electrons. The van der Waals surface area contributed by atoms with E-state index >= 15 is 0 Å². The summed E-state index contributed by atoms with van der Waals surface area (Å²) in [5, 5.41) is 9.30. The van der Waals surface area contributed by atoms with E-state index in [1.165, 1.54) is 11.8 Å². The lowest BCUT2D eigenvalue weighted by Gasteiger charge is -2.43. The Bertz CT molecular complexity index is 288. The van der Waals surface area contributed by atoms with Gasteiger partial charge in [0.1, 0.15) is 5.54 Å². The van der Waals surface area contributed by atoms with E-state index in [0.29, 0.717) is 19.4 Å². The van der Waals surface area contributed by atoms with Gasteiger partial charge in [-0.2, -0.15) is 0 Å². The molecule has 1 rings (SSSR count). The fraction of sp³-hybridized carbons (Fsp3) is 0.636. The number of rotatable bonds is 3. The number of carboxylic acids is 1. The summed E-state index contributed by atoms with van der Waals surface area (Å²) in [6, 6.07) is 0. The average Bonchev–Trinajstić information content (AvgIpc) is 2.18. The number of carboxylic acid groups (broad SMARTS) is 1. The fourth-order valence-electron chi connectivity index (χ4n) is 2.26. The lowest BCUT2D eigenvalue weighted by atomic mass is 9.83. The maximum absolute atomic E-state index is 11.4. The summed E-state index contributed by atoms with van der Waals surface area (Å²) < 4.78 is 0. The van der Waals surface area contributed by atoms with Gasteiger partial charge in [-0.3, -0.25) is 4.79 Å². The SMILES string of the molecule is C=CCC1(C(=O)O)CCCCN1C(C)=O. The van der Waals surface area contributed by atoms with Gasteiger partial charge in [0, 0.05) is 13.5 Å². The minimum absolute atomic E-state index is 0.168. The van der Waals surface area contributed by atoms with Gasteiger partial charge < -0.3 is 10.0 Å². The van der Waals surface area contributed by atoms with Gasteiger partial charge in [0.15, 0.2) is 0 Å². The molecule has 4 nitrogen and oxygen atoms in total. The van der Waals surface area contributed by atoms with E-state index in [1.807, 2.05) is 0 Å². The molecular formula is C11H17NO3. The van der Waals surface area contributed by atoms with Crippen LogP contribution in [-0.4, -0.2) is 34.0 Å². The molecule has 0 aromatic rings. The van der Waals surface area contributed by atoms with Crippen LogP contribution in [0.15, 0.2) is 12.7 Å². The summed E-state index contributed by atoms with van der Waals surface area (Å²) in [6.45, 7) is 5.53. The Morgan fingerprint density at radius 3 is 2.67 bits per heavy atom. The molecule has 15 heavy (non-hydrogen) atoms. The van der Waals surface area contributed by atoms with Gasteiger partial charge in [-0.15, -0.1) is 6.58 Å². The highest BCUT2D eigenvalue weighted by molar-refractivity contribution is 5.86. The standard InChI is InChI=1S/C11H17NO3/c1-3-6-11(10(14)15)7-4-5-8-12(11)9(2)13/h3H,1,4-8H2,2H3,(H,14,15). The number of hydrogen-bond donors (Lipinski definition) is 1. The summed E-state index contributed by atoms with van der Waals surface area (Å²) in [6.07, 6.45) is 4.15. The number of aliphatic carboxylic acids is 1. The van der Waals surface area contributed by atoms with E-state index in [4.69, 9.17) is 0 Å². The van der Waals surface area contributed by atoms with Crippen molar-refractivity contribution in [2.75, 3.05) is 6.54 Å². The first-order chi connectivity index (χ1) is 7.04. The number of hydrogen-bond acceptors (Lipinski definition) is 2. The minimum Gasteiger partial charge on any atom is -0.479 e. The van der Waals surface area contributed by atoms with Gasteiger partial charge in [-0.1, -0.05) is 6.08 Å². The molecule has 1 heterocycles. The molecule has 1 aliphatic heterocycles. The van der Waals surface area contributed by atoms with Crippen molar-refractivity contribution < 1.29 is 14.7 Å². The van der Waals surface area contributed by atoms with Crippen molar-refractivity contribution in [2.45, 2.75) is 38.1 Å². The summed E-state index contributed by atoms with van der Waals surface area (Å²) in [7, 11) is 0. The molecule has 0 radical (unpaired) electrons. The van der Waals surface area contributed by atoms with Crippen LogP contribution in [0.1, 0.15) is 32.6 Å². The van der Waals surface area contributed by atoms with Crippen molar-refractivity contribution in [2.24, 2.45) is 0 Å². The van der Waals surface area contributed by atoms with E-state index in [1.54, 1.807) is 6.08 Å². The average molecular weight is 211 g/mol. The zero-order valence-corrected chi connectivity index (χ0v) is 9.03. The monoisotopic (exact) mass is 211 g/mol. The smallest absolute Gasteiger partial charge is 0.329 e. The number of likely N-dealkylation sites (tertiary alicyclic amines) is 1. The Balaban J connectivity index is 3.03. The van der Waals surface area contributed by atoms with E-state index in [9.17, 15) is 14.7 Å². The lowest BCUT2D eigenvalue weighted by molar-refractivity contribution is -0.161. The second kappa shape index (κ2) is 4.47. The van der Waals surface area contributed by atoms with Crippen LogP contribution in [0.4, 0.5) is 0 Å². The highest BCUT2D eigenvalue weighted by Gasteiger charge is 2.45. The van der Waals surface area contributed by atoms with E-state index in [-0.39, 0.29) is 5.91 Å². The van der Waals surface area contributed by atoms with E-state index in [2.05, 4.69) is 6.58 Å². The molecule has 1 aliphatic rings. The molecule has 0 saturated carbocycles. The zero-order chi connectivity index (χ0) is 11.5. The molecule has 4 heteroatoms. The predicted octanol–water partition coefficient (Wildman–Crippen LogP) is 1.42. The second-order valence-corrected chi connectivity index (χ2v) is 3.96. The van der Waals surface area contributed by atoms with Crippen molar-refractivity contribution in [3.63, 3.8) is 0 Å². The minimum atomic E-state index is -1.05. The molecular weight excluding hydrogens is 194 g/mol. The van der Waals surface area contributed by atoms with Gasteiger partial charge >= 0.3 is 5.97 Å². The van der Waals surface area contributed by atoms with Gasteiger partial charge in [-0.25, -0.2) is 4.79 Å². The molecule has 0 spiro atoms. The number of carbonyl (C=O) groups is 2. The first-order valence-corrected chi connectivity index (χ1v) is 5.17. The Labute approximate surface area is 89.6 Å². The Morgan fingerprint density at radius 2 is 2.20 bits per heavy atom. The molecule has 1 atom stereocenters. The van der Waals surface area contributed by atoms with E-state index in [0.717, 1.165) is 12.8 Å². The van der Waals surface area contributed by atoms with Crippen LogP contribution >= 0.6 is 0 Å². The molecule has 1 fully saturated rings. The van der Waals surface area contributed by atoms with Gasteiger partial charge in [0.2, 0.25) is 5.91 Å². The van der Waals surface area contributed by atoms with Crippen LogP contribution in [0.25, 0.3) is 0 Å². The molecule has 0 aliphatic carbocycles. The molecule has 0 aromatic carbocycles. The summed E-state index contributed by atoms with van der Waals surface area (Å²) in [5.41, 5.74) is -1.05. The molecule has 0 bridgehead atoms. The first-order valence-electron chi connectivity index (χ1n) is 5.17. The zero-order valence-electron chi connectivity index (χ0n) is 9.03. The van der Waals surface area contributed by atoms with Crippen molar-refractivity contribution in [1.82, 2.24) is 4.90 Å². The Hall–Kier alpha value is -1.32. The molecule has 1 saturated heterocycles. The van der Waals surface area contributed by atoms with Crippen LogP contribution in [0.3, 0.4) is 0 Å². The Kier molecular flexibility index (Phi) is 3.50. The van der Waals surface area contributed by atoms with Crippen LogP contribution in [0.5, 0.6) is 0 Å². The van der Waals surface area contributed by atoms with Gasteiger partial charge in [-0.05, 0) is 25.7 Å². The molecule has 1 unspecified atom stereocenters. The maximum atomic E-state index is 11.4. The lowest BCUT2D eigenvalue weighted by Crippen LogP contribution is -2.58. The quantitative estimate of drug-likeness (QED) is 0.718. The van der Waals surface area contributed by atoms with Crippen molar-refractivity contribution >= 4 is 11.9 Å². The third-order valence-electron chi connectivity index (χ3n) is 3.00. The highest BCUT2D eigenvalue weighted by atomic mass is 16.4. The molecule has 0 aromatic heterocycles. The van der Waals surface area contributed by atoms with Gasteiger partial charge in [0.05, 0.1) is 0 Å². The highest BCUT2D eigenvalue weighted by Crippen LogP contribution is 2.32. The molecule has 1 amide bonds. The largest absolute Gasteiger partial charge is 0.479 e. The third-order valence-corrected chi connectivity index (χ3v) is 3.00. The normalized spacial score (nSPS) is 26.1. The number of amides is 1.